The van der Waals surface area contributed by atoms with E-state index in [-0.39, 0.29) is 0 Å². The molecule has 0 saturated heterocycles. The summed E-state index contributed by atoms with van der Waals surface area (Å²) in [4.78, 5) is 10.1. The van der Waals surface area contributed by atoms with Crippen LogP contribution in [0.2, 0.25) is 0 Å². The van der Waals surface area contributed by atoms with Crippen molar-refractivity contribution in [2.45, 2.75) is 0 Å². The first kappa shape index (κ1) is 28.4. The Labute approximate surface area is 290 Å². The van der Waals surface area contributed by atoms with Crippen LogP contribution < -0.4 is 0 Å². The van der Waals surface area contributed by atoms with Crippen LogP contribution in [0.25, 0.3) is 98.8 Å². The molecule has 0 N–H and O–H groups in total. The molecule has 0 bridgehead atoms. The normalized spacial score (nSPS) is 11.6. The maximum atomic E-state index is 5.50. The molecule has 232 valence electrons. The summed E-state index contributed by atoms with van der Waals surface area (Å²) in [6, 6.07) is 63.3. The van der Waals surface area contributed by atoms with E-state index in [1.807, 2.05) is 12.3 Å². The third kappa shape index (κ3) is 4.57. The highest BCUT2D eigenvalue weighted by atomic mass is 14.7. The molecule has 0 amide bonds. The lowest BCUT2D eigenvalue weighted by Gasteiger charge is -2.17. The number of aromatic nitrogens is 2. The zero-order chi connectivity index (χ0) is 33.0. The Balaban J connectivity index is 1.25. The van der Waals surface area contributed by atoms with E-state index in [0.717, 1.165) is 38.4 Å². The van der Waals surface area contributed by atoms with Crippen molar-refractivity contribution in [2.75, 3.05) is 0 Å². The van der Waals surface area contributed by atoms with Gasteiger partial charge >= 0.3 is 0 Å². The molecule has 50 heavy (non-hydrogen) atoms. The minimum Gasteiger partial charge on any atom is -0.256 e. The first-order valence-electron chi connectivity index (χ1n) is 17.1. The monoisotopic (exact) mass is 634 g/mol. The number of rotatable bonds is 4. The van der Waals surface area contributed by atoms with Gasteiger partial charge in [0, 0.05) is 27.9 Å². The van der Waals surface area contributed by atoms with Crippen LogP contribution in [0.1, 0.15) is 0 Å². The van der Waals surface area contributed by atoms with Gasteiger partial charge in [0.15, 0.2) is 0 Å². The fraction of sp³-hybridized carbons (Fsp3) is 0. The van der Waals surface area contributed by atoms with Gasteiger partial charge in [0.05, 0.1) is 16.7 Å². The van der Waals surface area contributed by atoms with Crippen LogP contribution in [0.5, 0.6) is 0 Å². The topological polar surface area (TPSA) is 25.8 Å². The summed E-state index contributed by atoms with van der Waals surface area (Å²) in [5.74, 6) is 0. The molecule has 0 atom stereocenters. The van der Waals surface area contributed by atoms with Crippen LogP contribution in [-0.2, 0) is 0 Å². The van der Waals surface area contributed by atoms with Crippen LogP contribution in [-0.4, -0.2) is 9.97 Å². The van der Waals surface area contributed by atoms with Gasteiger partial charge in [0.2, 0.25) is 0 Å². The molecule has 0 saturated carbocycles. The van der Waals surface area contributed by atoms with Gasteiger partial charge in [-0.3, -0.25) is 4.98 Å². The van der Waals surface area contributed by atoms with Gasteiger partial charge in [0.1, 0.15) is 0 Å². The lowest BCUT2D eigenvalue weighted by Crippen LogP contribution is -1.94. The van der Waals surface area contributed by atoms with Crippen LogP contribution in [0.3, 0.4) is 0 Å². The number of pyridine rings is 2. The maximum absolute atomic E-state index is 5.50. The van der Waals surface area contributed by atoms with E-state index >= 15 is 0 Å². The quantitative estimate of drug-likeness (QED) is 0.180. The molecule has 0 aliphatic carbocycles. The molecule has 10 aromatic rings. The average molecular weight is 635 g/mol. The first-order valence-corrected chi connectivity index (χ1v) is 17.1. The van der Waals surface area contributed by atoms with E-state index in [4.69, 9.17) is 4.98 Å². The summed E-state index contributed by atoms with van der Waals surface area (Å²) in [5.41, 5.74) is 11.3. The van der Waals surface area contributed by atoms with E-state index < -0.39 is 0 Å². The zero-order valence-corrected chi connectivity index (χ0v) is 27.2. The Morgan fingerprint density at radius 2 is 0.880 bits per heavy atom. The molecule has 0 spiro atoms. The summed E-state index contributed by atoms with van der Waals surface area (Å²) in [6.07, 6.45) is 1.90. The molecule has 2 aromatic heterocycles. The number of benzene rings is 8. The van der Waals surface area contributed by atoms with E-state index in [9.17, 15) is 0 Å². The minimum absolute atomic E-state index is 0.976. The molecule has 2 nitrogen and oxygen atoms in total. The van der Waals surface area contributed by atoms with Crippen LogP contribution in [0, 0.1) is 0 Å². The molecular formula is C48H30N2. The summed E-state index contributed by atoms with van der Waals surface area (Å²) in [7, 11) is 0. The molecule has 0 aliphatic rings. The molecular weight excluding hydrogens is 605 g/mol. The molecule has 0 radical (unpaired) electrons. The fourth-order valence-corrected chi connectivity index (χ4v) is 7.74. The fourth-order valence-electron chi connectivity index (χ4n) is 7.74. The molecule has 0 unspecified atom stereocenters. The van der Waals surface area contributed by atoms with Crippen molar-refractivity contribution in [3.05, 3.63) is 182 Å². The number of para-hydroxylation sites is 1. The van der Waals surface area contributed by atoms with E-state index in [0.29, 0.717) is 0 Å². The van der Waals surface area contributed by atoms with Crippen molar-refractivity contribution >= 4 is 54.1 Å². The minimum atomic E-state index is 0.976. The average Bonchev–Trinajstić information content (AvgIpc) is 3.19. The Bertz CT molecular complexity index is 2910. The zero-order valence-electron chi connectivity index (χ0n) is 27.2. The predicted molar refractivity (Wildman–Crippen MR) is 211 cm³/mol. The standard InChI is InChI=1S/C48H30N2/c1-3-15-35-31(11-1)13-9-20-38(35)44-30-47(41-21-10-14-32-12-2-4-16-36(32)41)50-48-42-19-6-5-17-39(42)43(29-45(44)48)34-25-23-33(24-26-34)37-27-28-49-46-22-8-7-18-40(37)46/h1-30H. The van der Waals surface area contributed by atoms with Crippen molar-refractivity contribution in [2.24, 2.45) is 0 Å². The first-order chi connectivity index (χ1) is 24.8. The second-order valence-electron chi connectivity index (χ2n) is 12.9. The predicted octanol–water partition coefficient (Wildman–Crippen LogP) is 12.9. The molecule has 0 aliphatic heterocycles. The van der Waals surface area contributed by atoms with Gasteiger partial charge in [-0.25, -0.2) is 4.98 Å². The Kier molecular flexibility index (Phi) is 6.53. The number of hydrogen-bond donors (Lipinski definition) is 0. The number of nitrogens with zero attached hydrogens (tertiary/aromatic N) is 2. The van der Waals surface area contributed by atoms with Crippen molar-refractivity contribution in [1.29, 1.82) is 0 Å². The van der Waals surface area contributed by atoms with Gasteiger partial charge in [-0.2, -0.15) is 0 Å². The largest absolute Gasteiger partial charge is 0.256 e. The van der Waals surface area contributed by atoms with Crippen LogP contribution in [0.4, 0.5) is 0 Å². The van der Waals surface area contributed by atoms with Crippen molar-refractivity contribution in [1.82, 2.24) is 9.97 Å². The highest BCUT2D eigenvalue weighted by Gasteiger charge is 2.18. The summed E-state index contributed by atoms with van der Waals surface area (Å²) >= 11 is 0. The molecule has 2 heteroatoms. The smallest absolute Gasteiger partial charge is 0.0794 e. The third-order valence-corrected chi connectivity index (χ3v) is 10.1. The Morgan fingerprint density at radius 1 is 0.320 bits per heavy atom. The van der Waals surface area contributed by atoms with Gasteiger partial charge in [-0.1, -0.05) is 152 Å². The van der Waals surface area contributed by atoms with E-state index in [1.165, 1.54) is 60.3 Å². The maximum Gasteiger partial charge on any atom is 0.0794 e. The lowest BCUT2D eigenvalue weighted by molar-refractivity contribution is 1.41. The third-order valence-electron chi connectivity index (χ3n) is 10.1. The van der Waals surface area contributed by atoms with Crippen molar-refractivity contribution < 1.29 is 0 Å². The number of fused-ring (bicyclic) bond motifs is 6. The lowest BCUT2D eigenvalue weighted by atomic mass is 9.89. The van der Waals surface area contributed by atoms with E-state index in [2.05, 4.69) is 175 Å². The van der Waals surface area contributed by atoms with Crippen molar-refractivity contribution in [3.63, 3.8) is 0 Å². The summed E-state index contributed by atoms with van der Waals surface area (Å²) < 4.78 is 0. The number of hydrogen-bond acceptors (Lipinski definition) is 2. The highest BCUT2D eigenvalue weighted by Crippen LogP contribution is 2.43. The van der Waals surface area contributed by atoms with Gasteiger partial charge < -0.3 is 0 Å². The summed E-state index contributed by atoms with van der Waals surface area (Å²) in [6.45, 7) is 0. The Hall–Kier alpha value is -6.64. The highest BCUT2D eigenvalue weighted by molar-refractivity contribution is 6.18. The summed E-state index contributed by atoms with van der Waals surface area (Å²) in [5, 5.41) is 9.50. The van der Waals surface area contributed by atoms with Crippen LogP contribution in [0.15, 0.2) is 182 Å². The van der Waals surface area contributed by atoms with Gasteiger partial charge in [-0.05, 0) is 84.6 Å². The molecule has 2 heterocycles. The molecule has 0 fully saturated rings. The molecule has 10 rings (SSSR count). The van der Waals surface area contributed by atoms with Gasteiger partial charge in [0.25, 0.3) is 0 Å². The van der Waals surface area contributed by atoms with Gasteiger partial charge in [-0.15, -0.1) is 0 Å². The molecule has 8 aromatic carbocycles. The Morgan fingerprint density at radius 3 is 1.62 bits per heavy atom. The van der Waals surface area contributed by atoms with Crippen LogP contribution >= 0.6 is 0 Å². The second-order valence-corrected chi connectivity index (χ2v) is 12.9. The van der Waals surface area contributed by atoms with Crippen molar-refractivity contribution in [3.8, 4) is 44.6 Å². The second kappa shape index (κ2) is 11.5. The SMILES string of the molecule is c1ccc2c(-c3cc(-c4cccc5ccccc45)c4cc(-c5ccc(-c6ccnc7ccccc67)cc5)c5ccccc5c4n3)cccc2c1. The van der Waals surface area contributed by atoms with E-state index in [1.54, 1.807) is 0 Å².